The number of halogens is 3. The Balaban J connectivity index is 2.32. The SMILES string of the molecule is Fc1cc(Cl)cc(C2NC=CC2Cl)c1. The molecule has 1 N–H and O–H groups in total. The summed E-state index contributed by atoms with van der Waals surface area (Å²) in [6, 6.07) is 4.33. The summed E-state index contributed by atoms with van der Waals surface area (Å²) in [6.45, 7) is 0. The maximum atomic E-state index is 13.0. The Kier molecular flexibility index (Phi) is 2.66. The van der Waals surface area contributed by atoms with Crippen molar-refractivity contribution < 1.29 is 4.39 Å². The van der Waals surface area contributed by atoms with Gasteiger partial charge in [0.15, 0.2) is 0 Å². The number of rotatable bonds is 1. The fourth-order valence-electron chi connectivity index (χ4n) is 1.49. The van der Waals surface area contributed by atoms with E-state index in [1.54, 1.807) is 12.3 Å². The second-order valence-electron chi connectivity index (χ2n) is 3.15. The van der Waals surface area contributed by atoms with E-state index in [2.05, 4.69) is 5.32 Å². The van der Waals surface area contributed by atoms with Crippen molar-refractivity contribution in [1.29, 1.82) is 0 Å². The van der Waals surface area contributed by atoms with Gasteiger partial charge in [-0.15, -0.1) is 11.6 Å². The third-order valence-electron chi connectivity index (χ3n) is 2.12. The van der Waals surface area contributed by atoms with Crippen molar-refractivity contribution >= 4 is 23.2 Å². The number of hydrogen-bond acceptors (Lipinski definition) is 1. The summed E-state index contributed by atoms with van der Waals surface area (Å²) >= 11 is 11.7. The average molecular weight is 232 g/mol. The molecule has 0 aliphatic carbocycles. The van der Waals surface area contributed by atoms with Crippen molar-refractivity contribution in [3.63, 3.8) is 0 Å². The zero-order chi connectivity index (χ0) is 10.1. The summed E-state index contributed by atoms with van der Waals surface area (Å²) < 4.78 is 13.0. The van der Waals surface area contributed by atoms with Gasteiger partial charge in [-0.1, -0.05) is 11.6 Å². The molecule has 14 heavy (non-hydrogen) atoms. The van der Waals surface area contributed by atoms with Gasteiger partial charge in [-0.05, 0) is 36.0 Å². The van der Waals surface area contributed by atoms with Gasteiger partial charge in [-0.3, -0.25) is 0 Å². The van der Waals surface area contributed by atoms with E-state index in [0.29, 0.717) is 5.02 Å². The number of benzene rings is 1. The zero-order valence-corrected chi connectivity index (χ0v) is 8.69. The minimum Gasteiger partial charge on any atom is -0.382 e. The molecule has 0 spiro atoms. The molecule has 1 heterocycles. The maximum absolute atomic E-state index is 13.0. The molecule has 1 aliphatic heterocycles. The maximum Gasteiger partial charge on any atom is 0.125 e. The van der Waals surface area contributed by atoms with Crippen LogP contribution in [0.1, 0.15) is 11.6 Å². The second kappa shape index (κ2) is 3.79. The molecule has 2 rings (SSSR count). The summed E-state index contributed by atoms with van der Waals surface area (Å²) in [5.41, 5.74) is 0.764. The normalized spacial score (nSPS) is 25.1. The zero-order valence-electron chi connectivity index (χ0n) is 7.18. The van der Waals surface area contributed by atoms with Crippen LogP contribution >= 0.6 is 23.2 Å². The van der Waals surface area contributed by atoms with Gasteiger partial charge < -0.3 is 5.32 Å². The second-order valence-corrected chi connectivity index (χ2v) is 4.09. The van der Waals surface area contributed by atoms with Crippen LogP contribution < -0.4 is 5.32 Å². The predicted octanol–water partition coefficient (Wildman–Crippen LogP) is 3.24. The molecule has 1 nitrogen and oxygen atoms in total. The molecule has 1 aromatic carbocycles. The molecule has 0 radical (unpaired) electrons. The average Bonchev–Trinajstić information content (AvgIpc) is 2.49. The Labute approximate surface area is 91.5 Å². The minimum atomic E-state index is -0.343. The monoisotopic (exact) mass is 231 g/mol. The van der Waals surface area contributed by atoms with Crippen LogP contribution in [0.15, 0.2) is 30.5 Å². The van der Waals surface area contributed by atoms with Gasteiger partial charge >= 0.3 is 0 Å². The van der Waals surface area contributed by atoms with Gasteiger partial charge in [0, 0.05) is 5.02 Å². The van der Waals surface area contributed by atoms with Gasteiger partial charge in [0.05, 0.1) is 11.4 Å². The third-order valence-corrected chi connectivity index (χ3v) is 2.73. The molecule has 0 amide bonds. The highest BCUT2D eigenvalue weighted by atomic mass is 35.5. The van der Waals surface area contributed by atoms with Crippen LogP contribution in [0.5, 0.6) is 0 Å². The quantitative estimate of drug-likeness (QED) is 0.733. The van der Waals surface area contributed by atoms with Crippen molar-refractivity contribution in [2.75, 3.05) is 0 Å². The fourth-order valence-corrected chi connectivity index (χ4v) is 2.01. The summed E-state index contributed by atoms with van der Waals surface area (Å²) in [4.78, 5) is 0. The van der Waals surface area contributed by atoms with E-state index in [-0.39, 0.29) is 17.2 Å². The standard InChI is InChI=1S/C10H8Cl2FN/c11-7-3-6(4-8(13)5-7)10-9(12)1-2-14-10/h1-5,9-10,14H. The molecule has 1 aliphatic rings. The highest BCUT2D eigenvalue weighted by Gasteiger charge is 2.22. The van der Waals surface area contributed by atoms with Crippen molar-refractivity contribution in [3.05, 3.63) is 46.9 Å². The lowest BCUT2D eigenvalue weighted by Crippen LogP contribution is -2.17. The molecule has 0 aromatic heterocycles. The molecule has 0 fully saturated rings. The van der Waals surface area contributed by atoms with Crippen molar-refractivity contribution in [3.8, 4) is 0 Å². The smallest absolute Gasteiger partial charge is 0.125 e. The lowest BCUT2D eigenvalue weighted by Gasteiger charge is -2.15. The Morgan fingerprint density at radius 3 is 2.64 bits per heavy atom. The number of nitrogens with one attached hydrogen (secondary N) is 1. The van der Waals surface area contributed by atoms with Crippen LogP contribution in [0.2, 0.25) is 5.02 Å². The summed E-state index contributed by atoms with van der Waals surface area (Å²) in [5, 5.41) is 3.27. The van der Waals surface area contributed by atoms with Gasteiger partial charge in [-0.25, -0.2) is 4.39 Å². The molecule has 2 atom stereocenters. The topological polar surface area (TPSA) is 12.0 Å². The van der Waals surface area contributed by atoms with E-state index < -0.39 is 0 Å². The summed E-state index contributed by atoms with van der Waals surface area (Å²) in [5.74, 6) is -0.343. The van der Waals surface area contributed by atoms with E-state index in [0.717, 1.165) is 5.56 Å². The van der Waals surface area contributed by atoms with Crippen molar-refractivity contribution in [2.45, 2.75) is 11.4 Å². The van der Waals surface area contributed by atoms with Crippen LogP contribution in [-0.2, 0) is 0 Å². The van der Waals surface area contributed by atoms with E-state index >= 15 is 0 Å². The first-order valence-electron chi connectivity index (χ1n) is 4.19. The molecular formula is C10H8Cl2FN. The highest BCUT2D eigenvalue weighted by molar-refractivity contribution is 6.30. The van der Waals surface area contributed by atoms with Gasteiger partial charge in [0.2, 0.25) is 0 Å². The Morgan fingerprint density at radius 2 is 2.07 bits per heavy atom. The van der Waals surface area contributed by atoms with Crippen molar-refractivity contribution in [2.24, 2.45) is 0 Å². The van der Waals surface area contributed by atoms with E-state index in [4.69, 9.17) is 23.2 Å². The Hall–Kier alpha value is -0.730. The van der Waals surface area contributed by atoms with Crippen LogP contribution in [-0.4, -0.2) is 5.38 Å². The van der Waals surface area contributed by atoms with Crippen LogP contribution in [0.3, 0.4) is 0 Å². The van der Waals surface area contributed by atoms with E-state index in [9.17, 15) is 4.39 Å². The van der Waals surface area contributed by atoms with Crippen LogP contribution in [0.4, 0.5) is 4.39 Å². The van der Waals surface area contributed by atoms with Crippen LogP contribution in [0.25, 0.3) is 0 Å². The third kappa shape index (κ3) is 1.86. The molecular weight excluding hydrogens is 224 g/mol. The number of alkyl halides is 1. The fraction of sp³-hybridized carbons (Fsp3) is 0.200. The Morgan fingerprint density at radius 1 is 1.29 bits per heavy atom. The van der Waals surface area contributed by atoms with E-state index in [1.165, 1.54) is 12.1 Å². The molecule has 1 aromatic rings. The van der Waals surface area contributed by atoms with Gasteiger partial charge in [0.1, 0.15) is 5.82 Å². The predicted molar refractivity (Wildman–Crippen MR) is 56.1 cm³/mol. The highest BCUT2D eigenvalue weighted by Crippen LogP contribution is 2.28. The minimum absolute atomic E-state index is 0.0927. The first-order chi connectivity index (χ1) is 6.66. The lowest BCUT2D eigenvalue weighted by molar-refractivity contribution is 0.614. The summed E-state index contributed by atoms with van der Waals surface area (Å²) in [6.07, 6.45) is 3.59. The van der Waals surface area contributed by atoms with Gasteiger partial charge in [0.25, 0.3) is 0 Å². The molecule has 0 saturated heterocycles. The van der Waals surface area contributed by atoms with Crippen molar-refractivity contribution in [1.82, 2.24) is 5.32 Å². The van der Waals surface area contributed by atoms with Gasteiger partial charge in [-0.2, -0.15) is 0 Å². The first-order valence-corrected chi connectivity index (χ1v) is 5.01. The van der Waals surface area contributed by atoms with E-state index in [1.807, 2.05) is 6.08 Å². The molecule has 0 saturated carbocycles. The first kappa shape index (κ1) is 9.81. The number of hydrogen-bond donors (Lipinski definition) is 1. The molecule has 74 valence electrons. The van der Waals surface area contributed by atoms with Crippen LogP contribution in [0, 0.1) is 5.82 Å². The largest absolute Gasteiger partial charge is 0.382 e. The Bertz CT molecular complexity index is 358. The molecule has 2 unspecified atom stereocenters. The lowest BCUT2D eigenvalue weighted by atomic mass is 10.1. The molecule has 0 bridgehead atoms. The molecule has 4 heteroatoms. The summed E-state index contributed by atoms with van der Waals surface area (Å²) in [7, 11) is 0.